The number of halogens is 1. The first-order valence-corrected chi connectivity index (χ1v) is 12.4. The van der Waals surface area contributed by atoms with Crippen molar-refractivity contribution in [3.8, 4) is 5.75 Å². The summed E-state index contributed by atoms with van der Waals surface area (Å²) in [5.74, 6) is 0.347. The van der Waals surface area contributed by atoms with Crippen LogP contribution in [0.1, 0.15) is 46.9 Å². The molecule has 0 heterocycles. The van der Waals surface area contributed by atoms with E-state index in [-0.39, 0.29) is 21.5 Å². The second-order valence-corrected chi connectivity index (χ2v) is 9.82. The average Bonchev–Trinajstić information content (AvgIpc) is 2.77. The van der Waals surface area contributed by atoms with Gasteiger partial charge < -0.3 is 10.1 Å². The highest BCUT2D eigenvalue weighted by Gasteiger charge is 2.22. The van der Waals surface area contributed by atoms with E-state index in [1.54, 1.807) is 6.07 Å². The number of hydrogen-bond acceptors (Lipinski definition) is 4. The van der Waals surface area contributed by atoms with Crippen LogP contribution in [0.25, 0.3) is 0 Å². The van der Waals surface area contributed by atoms with Crippen LogP contribution in [0.15, 0.2) is 65.6 Å². The second kappa shape index (κ2) is 10.3. The monoisotopic (exact) mass is 486 g/mol. The first kappa shape index (κ1) is 24.6. The van der Waals surface area contributed by atoms with Crippen LogP contribution in [-0.4, -0.2) is 20.9 Å². The third-order valence-electron chi connectivity index (χ3n) is 5.16. The number of carbonyl (C=O) groups excluding carboxylic acids is 1. The summed E-state index contributed by atoms with van der Waals surface area (Å²) in [5.41, 5.74) is 3.24. The van der Waals surface area contributed by atoms with Gasteiger partial charge in [-0.2, -0.15) is 0 Å². The van der Waals surface area contributed by atoms with Gasteiger partial charge in [-0.05, 0) is 80.8 Å². The molecule has 3 aromatic rings. The van der Waals surface area contributed by atoms with E-state index in [1.165, 1.54) is 18.2 Å². The average molecular weight is 487 g/mol. The maximum absolute atomic E-state index is 13.1. The number of aryl methyl sites for hydroxylation is 2. The highest BCUT2D eigenvalue weighted by molar-refractivity contribution is 7.92. The Balaban J connectivity index is 1.81. The van der Waals surface area contributed by atoms with Gasteiger partial charge in [-0.1, -0.05) is 35.9 Å². The van der Waals surface area contributed by atoms with Gasteiger partial charge in [0, 0.05) is 5.56 Å². The van der Waals surface area contributed by atoms with Gasteiger partial charge in [-0.25, -0.2) is 8.42 Å². The van der Waals surface area contributed by atoms with Crippen LogP contribution in [0.2, 0.25) is 5.02 Å². The molecule has 6 nitrogen and oxygen atoms in total. The highest BCUT2D eigenvalue weighted by atomic mass is 35.5. The van der Waals surface area contributed by atoms with Crippen LogP contribution < -0.4 is 14.8 Å². The zero-order chi connectivity index (χ0) is 24.2. The molecule has 0 aromatic heterocycles. The summed E-state index contributed by atoms with van der Waals surface area (Å²) in [6.07, 6.45) is 0. The minimum atomic E-state index is -4.01. The molecule has 3 aromatic carbocycles. The van der Waals surface area contributed by atoms with E-state index in [1.807, 2.05) is 64.1 Å². The van der Waals surface area contributed by atoms with E-state index < -0.39 is 15.9 Å². The molecule has 0 saturated carbocycles. The Labute approximate surface area is 200 Å². The minimum absolute atomic E-state index is 0.0314. The SMILES string of the molecule is CCOc1ccc([C@H](C)NC(=O)c2ccc(Cl)c(S(=O)(=O)Nc3cc(C)ccc3C)c2)cc1. The minimum Gasteiger partial charge on any atom is -0.494 e. The first-order chi connectivity index (χ1) is 15.6. The van der Waals surface area contributed by atoms with Crippen molar-refractivity contribution in [3.63, 3.8) is 0 Å². The zero-order valence-electron chi connectivity index (χ0n) is 19.0. The number of nitrogens with one attached hydrogen (secondary N) is 2. The maximum Gasteiger partial charge on any atom is 0.263 e. The predicted octanol–water partition coefficient (Wildman–Crippen LogP) is 5.65. The van der Waals surface area contributed by atoms with Gasteiger partial charge in [0.15, 0.2) is 0 Å². The molecule has 3 rings (SSSR count). The number of rotatable bonds is 8. The van der Waals surface area contributed by atoms with Crippen LogP contribution in [0.3, 0.4) is 0 Å². The Bertz CT molecular complexity index is 1260. The molecule has 33 heavy (non-hydrogen) atoms. The van der Waals surface area contributed by atoms with Gasteiger partial charge in [-0.15, -0.1) is 0 Å². The van der Waals surface area contributed by atoms with E-state index in [2.05, 4.69) is 10.0 Å². The van der Waals surface area contributed by atoms with Gasteiger partial charge in [0.1, 0.15) is 10.6 Å². The molecule has 1 amide bonds. The number of ether oxygens (including phenoxy) is 1. The quantitative estimate of drug-likeness (QED) is 0.431. The molecule has 0 aliphatic carbocycles. The molecule has 0 spiro atoms. The lowest BCUT2D eigenvalue weighted by Crippen LogP contribution is -2.27. The smallest absolute Gasteiger partial charge is 0.263 e. The molecule has 0 aliphatic rings. The lowest BCUT2D eigenvalue weighted by molar-refractivity contribution is 0.0939. The van der Waals surface area contributed by atoms with Gasteiger partial charge in [0.25, 0.3) is 15.9 Å². The van der Waals surface area contributed by atoms with Gasteiger partial charge in [0.2, 0.25) is 0 Å². The summed E-state index contributed by atoms with van der Waals surface area (Å²) in [7, 11) is -4.01. The van der Waals surface area contributed by atoms with E-state index in [0.29, 0.717) is 12.3 Å². The van der Waals surface area contributed by atoms with Gasteiger partial charge in [0.05, 0.1) is 23.4 Å². The van der Waals surface area contributed by atoms with E-state index in [9.17, 15) is 13.2 Å². The van der Waals surface area contributed by atoms with Crippen molar-refractivity contribution in [3.05, 3.63) is 87.9 Å². The molecule has 0 radical (unpaired) electrons. The first-order valence-electron chi connectivity index (χ1n) is 10.5. The predicted molar refractivity (Wildman–Crippen MR) is 132 cm³/mol. The molecule has 0 unspecified atom stereocenters. The summed E-state index contributed by atoms with van der Waals surface area (Å²) in [6, 6.07) is 16.8. The number of benzene rings is 3. The van der Waals surface area contributed by atoms with Crippen molar-refractivity contribution >= 4 is 33.2 Å². The molecule has 1 atom stereocenters. The van der Waals surface area contributed by atoms with Crippen molar-refractivity contribution < 1.29 is 17.9 Å². The normalized spacial score (nSPS) is 12.2. The van der Waals surface area contributed by atoms with E-state index in [0.717, 1.165) is 22.4 Å². The third kappa shape index (κ3) is 6.06. The Hall–Kier alpha value is -3.03. The number of anilines is 1. The van der Waals surface area contributed by atoms with Crippen LogP contribution in [-0.2, 0) is 10.0 Å². The van der Waals surface area contributed by atoms with Crippen molar-refractivity contribution in [1.29, 1.82) is 0 Å². The molecule has 174 valence electrons. The molecule has 8 heteroatoms. The Morgan fingerprint density at radius 3 is 2.39 bits per heavy atom. The Morgan fingerprint density at radius 2 is 1.73 bits per heavy atom. The van der Waals surface area contributed by atoms with Crippen LogP contribution in [0.4, 0.5) is 5.69 Å². The topological polar surface area (TPSA) is 84.5 Å². The van der Waals surface area contributed by atoms with Gasteiger partial charge >= 0.3 is 0 Å². The van der Waals surface area contributed by atoms with E-state index >= 15 is 0 Å². The van der Waals surface area contributed by atoms with Crippen LogP contribution >= 0.6 is 11.6 Å². The molecule has 2 N–H and O–H groups in total. The summed E-state index contributed by atoms with van der Waals surface area (Å²) in [6.45, 7) is 8.02. The number of carbonyl (C=O) groups is 1. The van der Waals surface area contributed by atoms with Crippen LogP contribution in [0, 0.1) is 13.8 Å². The lowest BCUT2D eigenvalue weighted by Gasteiger charge is -2.16. The lowest BCUT2D eigenvalue weighted by atomic mass is 10.1. The maximum atomic E-state index is 13.1. The molecular weight excluding hydrogens is 460 g/mol. The van der Waals surface area contributed by atoms with Gasteiger partial charge in [-0.3, -0.25) is 9.52 Å². The fourth-order valence-electron chi connectivity index (χ4n) is 3.28. The van der Waals surface area contributed by atoms with Crippen LogP contribution in [0.5, 0.6) is 5.75 Å². The molecule has 0 fully saturated rings. The Kier molecular flexibility index (Phi) is 7.66. The second-order valence-electron chi connectivity index (χ2n) is 7.77. The summed E-state index contributed by atoms with van der Waals surface area (Å²) < 4.78 is 34.1. The molecule has 0 aliphatic heterocycles. The number of hydrogen-bond donors (Lipinski definition) is 2. The number of sulfonamides is 1. The van der Waals surface area contributed by atoms with Crippen molar-refractivity contribution in [1.82, 2.24) is 5.32 Å². The molecule has 0 bridgehead atoms. The summed E-state index contributed by atoms with van der Waals surface area (Å²) in [5, 5.41) is 2.92. The fourth-order valence-corrected chi connectivity index (χ4v) is 4.93. The molecule has 0 saturated heterocycles. The fraction of sp³-hybridized carbons (Fsp3) is 0.240. The summed E-state index contributed by atoms with van der Waals surface area (Å²) >= 11 is 6.20. The van der Waals surface area contributed by atoms with Crippen molar-refractivity contribution in [2.75, 3.05) is 11.3 Å². The standard InChI is InChI=1S/C25H27ClN2O4S/c1-5-32-21-11-8-19(9-12-21)18(4)27-25(29)20-10-13-22(26)24(15-20)33(30,31)28-23-14-16(2)6-7-17(23)3/h6-15,18,28H,5H2,1-4H3,(H,27,29)/t18-/m0/s1. The Morgan fingerprint density at radius 1 is 1.03 bits per heavy atom. The highest BCUT2D eigenvalue weighted by Crippen LogP contribution is 2.27. The third-order valence-corrected chi connectivity index (χ3v) is 7.01. The van der Waals surface area contributed by atoms with Crippen molar-refractivity contribution in [2.24, 2.45) is 0 Å². The van der Waals surface area contributed by atoms with Crippen molar-refractivity contribution in [2.45, 2.75) is 38.6 Å². The summed E-state index contributed by atoms with van der Waals surface area (Å²) in [4.78, 5) is 12.7. The number of amides is 1. The zero-order valence-corrected chi connectivity index (χ0v) is 20.5. The van der Waals surface area contributed by atoms with E-state index in [4.69, 9.17) is 16.3 Å². The largest absolute Gasteiger partial charge is 0.494 e. The molecular formula is C25H27ClN2O4S.